The largest absolute Gasteiger partial charge is 0.472 e. The number of aliphatic hydroxyl groups is 5. The minimum absolute atomic E-state index is 0.0564. The van der Waals surface area contributed by atoms with Crippen LogP contribution in [0.3, 0.4) is 0 Å². The normalized spacial score (nSPS) is 22.4. The van der Waals surface area contributed by atoms with Crippen LogP contribution in [0.15, 0.2) is 109 Å². The first kappa shape index (κ1) is 64.6. The molecule has 0 heterocycles. The third-order valence-corrected chi connectivity index (χ3v) is 11.9. The molecule has 0 saturated heterocycles. The summed E-state index contributed by atoms with van der Waals surface area (Å²) in [6.45, 7) is 2.70. The number of carbonyl (C=O) groups excluding carboxylic acids is 2. The molecule has 0 aromatic carbocycles. The zero-order valence-electron chi connectivity index (χ0n) is 41.0. The molecule has 1 aliphatic carbocycles. The summed E-state index contributed by atoms with van der Waals surface area (Å²) in [4.78, 5) is 54.4. The molecule has 398 valence electrons. The zero-order chi connectivity index (χ0) is 51.9. The van der Waals surface area contributed by atoms with E-state index in [1.54, 1.807) is 18.2 Å². The number of phosphoric ester groups is 2. The van der Waals surface area contributed by atoms with Crippen LogP contribution in [0, 0.1) is 0 Å². The number of aliphatic hydroxyl groups excluding tert-OH is 5. The van der Waals surface area contributed by atoms with Crippen LogP contribution in [0.1, 0.15) is 136 Å². The van der Waals surface area contributed by atoms with Crippen LogP contribution in [0.2, 0.25) is 0 Å². The van der Waals surface area contributed by atoms with E-state index in [1.165, 1.54) is 0 Å². The third kappa shape index (κ3) is 34.1. The summed E-state index contributed by atoms with van der Waals surface area (Å²) in [5.41, 5.74) is 0. The predicted octanol–water partition coefficient (Wildman–Crippen LogP) is 8.70. The molecule has 1 rings (SSSR count). The van der Waals surface area contributed by atoms with E-state index < -0.39 is 89.6 Å². The Morgan fingerprint density at radius 2 is 1.00 bits per heavy atom. The van der Waals surface area contributed by atoms with Gasteiger partial charge < -0.3 is 49.7 Å². The second-order valence-corrected chi connectivity index (χ2v) is 19.2. The Bertz CT molecular complexity index is 1780. The van der Waals surface area contributed by atoms with Gasteiger partial charge in [-0.25, -0.2) is 9.13 Å². The molecule has 0 aromatic rings. The number of allylic oxidation sites excluding steroid dienone is 17. The van der Waals surface area contributed by atoms with Gasteiger partial charge in [-0.2, -0.15) is 0 Å². The van der Waals surface area contributed by atoms with E-state index in [0.29, 0.717) is 6.42 Å². The fraction of sp³-hybridized carbons (Fsp3) is 0.608. The lowest BCUT2D eigenvalue weighted by Gasteiger charge is -2.43. The summed E-state index contributed by atoms with van der Waals surface area (Å²) < 4.78 is 49.3. The van der Waals surface area contributed by atoms with E-state index in [1.807, 2.05) is 12.2 Å². The fourth-order valence-electron chi connectivity index (χ4n) is 6.69. The van der Waals surface area contributed by atoms with Crippen molar-refractivity contribution < 1.29 is 82.0 Å². The Labute approximate surface area is 415 Å². The van der Waals surface area contributed by atoms with Gasteiger partial charge in [0.1, 0.15) is 43.2 Å². The van der Waals surface area contributed by atoms with Gasteiger partial charge in [-0.05, 0) is 83.5 Å². The summed E-state index contributed by atoms with van der Waals surface area (Å²) >= 11 is 0. The summed E-state index contributed by atoms with van der Waals surface area (Å²) in [6.07, 6.45) is 34.8. The summed E-state index contributed by atoms with van der Waals surface area (Å²) in [5, 5.41) is 51.7. The summed E-state index contributed by atoms with van der Waals surface area (Å²) in [5.74, 6) is -1.44. The van der Waals surface area contributed by atoms with Gasteiger partial charge in [0.15, 0.2) is 6.10 Å². The average molecular weight is 1030 g/mol. The first-order valence-corrected chi connectivity index (χ1v) is 27.6. The molecule has 0 spiro atoms. The molecule has 19 heteroatoms. The van der Waals surface area contributed by atoms with E-state index in [9.17, 15) is 58.9 Å². The Balaban J connectivity index is 2.67. The van der Waals surface area contributed by atoms with Gasteiger partial charge in [0.2, 0.25) is 0 Å². The standard InChI is InChI=1S/C51H82O17P2/c1-3-5-7-9-11-13-15-17-18-19-20-21-22-24-26-28-30-32-34-38-44(53)64-40-43(41-65-70(62,63)68-51-48(57)46(55)47(56)50(49(51)58)67-69(59,60)61)66-45(54)39-35-37-42(52)36-33-31-29-27-25-23-16-14-12-10-8-6-4-2/h5-8,11-14,17-18,20-21,23,25,29,31,33,36,42-43,46-52,55-58H,3-4,9-10,15-16,19,22,24,26-28,30,32,34-35,37-41H2,1-2H3,(H,62,63)(H2,59,60,61)/b7-5-,8-6-,13-11-,14-12-,18-17-,21-20-,25-23-,31-29-,36-33+/t42?,43-,46?,47?,48?,49?,50-,51+/m1/s1. The average Bonchev–Trinajstić information content (AvgIpc) is 3.31. The molecule has 1 saturated carbocycles. The van der Waals surface area contributed by atoms with Crippen molar-refractivity contribution in [2.24, 2.45) is 0 Å². The summed E-state index contributed by atoms with van der Waals surface area (Å²) in [6, 6.07) is 0. The predicted molar refractivity (Wildman–Crippen MR) is 270 cm³/mol. The van der Waals surface area contributed by atoms with Gasteiger partial charge in [-0.15, -0.1) is 0 Å². The maximum atomic E-state index is 13.0. The van der Waals surface area contributed by atoms with Crippen molar-refractivity contribution >= 4 is 27.6 Å². The number of ether oxygens (including phenoxy) is 2. The molecule has 6 unspecified atom stereocenters. The highest BCUT2D eigenvalue weighted by molar-refractivity contribution is 7.47. The van der Waals surface area contributed by atoms with Gasteiger partial charge in [0, 0.05) is 12.8 Å². The van der Waals surface area contributed by atoms with Crippen molar-refractivity contribution in [2.75, 3.05) is 13.2 Å². The Morgan fingerprint density at radius 1 is 0.529 bits per heavy atom. The van der Waals surface area contributed by atoms with Gasteiger partial charge in [-0.1, -0.05) is 149 Å². The van der Waals surface area contributed by atoms with Crippen LogP contribution in [-0.4, -0.2) is 114 Å². The Hall–Kier alpha value is -3.38. The minimum Gasteiger partial charge on any atom is -0.462 e. The van der Waals surface area contributed by atoms with Crippen molar-refractivity contribution in [3.8, 4) is 0 Å². The fourth-order valence-corrected chi connectivity index (χ4v) is 8.23. The zero-order valence-corrected chi connectivity index (χ0v) is 42.8. The second-order valence-electron chi connectivity index (χ2n) is 16.6. The number of carbonyl (C=O) groups is 2. The van der Waals surface area contributed by atoms with Crippen molar-refractivity contribution in [3.05, 3.63) is 109 Å². The van der Waals surface area contributed by atoms with Crippen molar-refractivity contribution in [1.29, 1.82) is 0 Å². The molecule has 0 radical (unpaired) electrons. The molecule has 0 bridgehead atoms. The van der Waals surface area contributed by atoms with E-state index in [-0.39, 0.29) is 25.7 Å². The summed E-state index contributed by atoms with van der Waals surface area (Å²) in [7, 11) is -10.8. The molecule has 0 aromatic heterocycles. The van der Waals surface area contributed by atoms with Crippen molar-refractivity contribution in [3.63, 3.8) is 0 Å². The minimum atomic E-state index is -5.40. The smallest absolute Gasteiger partial charge is 0.462 e. The second kappa shape index (κ2) is 40.1. The van der Waals surface area contributed by atoms with Gasteiger partial charge in [0.05, 0.1) is 12.7 Å². The molecule has 1 fully saturated rings. The molecule has 0 amide bonds. The SMILES string of the molecule is CC/C=C\C/C=C\C/C=C\C/C=C\C=C\C(O)CCCC(=O)O[C@H](COC(=O)CCCCCCCC/C=C\C/C=C\C/C=C\C/C=C\CC)COP(=O)(O)O[C@H]1C(O)C(O)C(O)[C@@H](OP(=O)(O)O)C1O. The highest BCUT2D eigenvalue weighted by Crippen LogP contribution is 2.49. The highest BCUT2D eigenvalue weighted by atomic mass is 31.2. The van der Waals surface area contributed by atoms with Gasteiger partial charge in [-0.3, -0.25) is 23.2 Å². The molecule has 8 N–H and O–H groups in total. The lowest BCUT2D eigenvalue weighted by atomic mass is 9.85. The quantitative estimate of drug-likeness (QED) is 0.00940. The lowest BCUT2D eigenvalue weighted by Crippen LogP contribution is -2.64. The molecule has 9 atom stereocenters. The molecule has 17 nitrogen and oxygen atoms in total. The van der Waals surface area contributed by atoms with Crippen LogP contribution in [0.4, 0.5) is 0 Å². The molecule has 70 heavy (non-hydrogen) atoms. The Kier molecular flexibility index (Phi) is 37.1. The Morgan fingerprint density at radius 3 is 1.54 bits per heavy atom. The highest BCUT2D eigenvalue weighted by Gasteiger charge is 2.54. The lowest BCUT2D eigenvalue weighted by molar-refractivity contribution is -0.216. The van der Waals surface area contributed by atoms with E-state index in [2.05, 4.69) is 97.4 Å². The van der Waals surface area contributed by atoms with Crippen LogP contribution in [0.25, 0.3) is 0 Å². The van der Waals surface area contributed by atoms with Crippen LogP contribution in [0.5, 0.6) is 0 Å². The van der Waals surface area contributed by atoms with E-state index in [4.69, 9.17) is 18.5 Å². The maximum Gasteiger partial charge on any atom is 0.472 e. The monoisotopic (exact) mass is 1030 g/mol. The van der Waals surface area contributed by atoms with Crippen molar-refractivity contribution in [2.45, 2.75) is 185 Å². The molecule has 1 aliphatic rings. The third-order valence-electron chi connectivity index (χ3n) is 10.4. The number of esters is 2. The van der Waals surface area contributed by atoms with Gasteiger partial charge in [0.25, 0.3) is 0 Å². The maximum absolute atomic E-state index is 13.0. The molecular weight excluding hydrogens is 946 g/mol. The van der Waals surface area contributed by atoms with E-state index >= 15 is 0 Å². The van der Waals surface area contributed by atoms with Gasteiger partial charge >= 0.3 is 27.6 Å². The van der Waals surface area contributed by atoms with E-state index in [0.717, 1.165) is 89.9 Å². The topological polar surface area (TPSA) is 276 Å². The number of hydrogen-bond donors (Lipinski definition) is 8. The first-order chi connectivity index (χ1) is 33.5. The number of hydrogen-bond acceptors (Lipinski definition) is 14. The number of rotatable bonds is 39. The number of unbranched alkanes of at least 4 members (excludes halogenated alkanes) is 6. The molecule has 0 aliphatic heterocycles. The van der Waals surface area contributed by atoms with Crippen LogP contribution in [-0.2, 0) is 41.8 Å². The van der Waals surface area contributed by atoms with Crippen LogP contribution < -0.4 is 0 Å². The first-order valence-electron chi connectivity index (χ1n) is 24.5. The number of phosphoric acid groups is 2. The molecular formula is C51H82O17P2. The van der Waals surface area contributed by atoms with Crippen molar-refractivity contribution in [1.82, 2.24) is 0 Å². The van der Waals surface area contributed by atoms with Crippen LogP contribution >= 0.6 is 15.6 Å².